The van der Waals surface area contributed by atoms with Crippen LogP contribution in [-0.2, 0) is 4.79 Å². The lowest BCUT2D eigenvalue weighted by molar-refractivity contribution is -0.117. The maximum absolute atomic E-state index is 11.5. The van der Waals surface area contributed by atoms with Crippen LogP contribution >= 0.6 is 0 Å². The van der Waals surface area contributed by atoms with E-state index in [1.807, 2.05) is 60.7 Å². The Bertz CT molecular complexity index is 1240. The van der Waals surface area contributed by atoms with Crippen LogP contribution in [0.1, 0.15) is 18.9 Å². The molecule has 0 saturated heterocycles. The molecule has 0 spiro atoms. The van der Waals surface area contributed by atoms with E-state index < -0.39 is 0 Å². The van der Waals surface area contributed by atoms with E-state index in [1.165, 1.54) is 6.08 Å². The average molecular weight is 425 g/mol. The Kier molecular flexibility index (Phi) is 5.34. The topological polar surface area (TPSA) is 65.4 Å². The number of rotatable bonds is 7. The molecule has 0 atom stereocenters. The molecule has 0 aliphatic heterocycles. The smallest absolute Gasteiger partial charge is 0.244 e. The summed E-state index contributed by atoms with van der Waals surface area (Å²) >= 11 is 0. The number of fused-ring (bicyclic) bond motifs is 1. The van der Waals surface area contributed by atoms with Crippen LogP contribution in [0.2, 0.25) is 0 Å². The fourth-order valence-corrected chi connectivity index (χ4v) is 3.96. The average Bonchev–Trinajstić information content (AvgIpc) is 3.22. The summed E-state index contributed by atoms with van der Waals surface area (Å²) in [6, 6.07) is 21.6. The molecule has 0 radical (unpaired) electrons. The van der Waals surface area contributed by atoms with E-state index in [0.717, 1.165) is 35.2 Å². The molecule has 6 nitrogen and oxygen atoms in total. The van der Waals surface area contributed by atoms with Crippen molar-refractivity contribution in [3.63, 3.8) is 0 Å². The van der Waals surface area contributed by atoms with Crippen molar-refractivity contribution < 1.29 is 14.3 Å². The molecule has 32 heavy (non-hydrogen) atoms. The fourth-order valence-electron chi connectivity index (χ4n) is 3.96. The Balaban J connectivity index is 1.32. The molecule has 1 N–H and O–H groups in total. The van der Waals surface area contributed by atoms with Crippen molar-refractivity contribution in [1.29, 1.82) is 0 Å². The number of aromatic nitrogens is 2. The monoisotopic (exact) mass is 425 g/mol. The third kappa shape index (κ3) is 4.07. The van der Waals surface area contributed by atoms with Crippen molar-refractivity contribution in [1.82, 2.24) is 14.9 Å². The van der Waals surface area contributed by atoms with Crippen molar-refractivity contribution >= 4 is 16.8 Å². The molecule has 4 aromatic rings. The second-order valence-electron chi connectivity index (χ2n) is 7.80. The minimum absolute atomic E-state index is 0.129. The molecule has 1 fully saturated rings. The highest BCUT2D eigenvalue weighted by Crippen LogP contribution is 2.38. The van der Waals surface area contributed by atoms with Gasteiger partial charge in [-0.2, -0.15) is 0 Å². The zero-order chi connectivity index (χ0) is 21.9. The maximum atomic E-state index is 11.5. The lowest BCUT2D eigenvalue weighted by atomic mass is 9.86. The molecule has 1 aliphatic rings. The third-order valence-electron chi connectivity index (χ3n) is 5.65. The van der Waals surface area contributed by atoms with Crippen LogP contribution in [0, 0.1) is 0 Å². The molecular weight excluding hydrogens is 402 g/mol. The maximum Gasteiger partial charge on any atom is 0.244 e. The van der Waals surface area contributed by atoms with Gasteiger partial charge in [0, 0.05) is 29.9 Å². The number of carbonyl (C=O) groups is 1. The predicted molar refractivity (Wildman–Crippen MR) is 123 cm³/mol. The molecular formula is C26H23N3O3. The second kappa shape index (κ2) is 8.59. The van der Waals surface area contributed by atoms with Gasteiger partial charge in [0.25, 0.3) is 0 Å². The second-order valence-corrected chi connectivity index (χ2v) is 7.80. The minimum atomic E-state index is -0.129. The van der Waals surface area contributed by atoms with Gasteiger partial charge in [-0.1, -0.05) is 24.8 Å². The van der Waals surface area contributed by atoms with Gasteiger partial charge in [-0.05, 0) is 67.4 Å². The van der Waals surface area contributed by atoms with Crippen molar-refractivity contribution in [2.24, 2.45) is 0 Å². The fraction of sp³-hybridized carbons (Fsp3) is 0.154. The van der Waals surface area contributed by atoms with Crippen LogP contribution in [-0.4, -0.2) is 21.5 Å². The van der Waals surface area contributed by atoms with E-state index >= 15 is 0 Å². The number of nitrogens with one attached hydrogen (secondary N) is 1. The largest absolute Gasteiger partial charge is 0.457 e. The Morgan fingerprint density at radius 3 is 2.38 bits per heavy atom. The van der Waals surface area contributed by atoms with Crippen LogP contribution in [0.25, 0.3) is 10.9 Å². The first-order valence-corrected chi connectivity index (χ1v) is 10.6. The van der Waals surface area contributed by atoms with Crippen molar-refractivity contribution in [2.75, 3.05) is 0 Å². The lowest BCUT2D eigenvalue weighted by Gasteiger charge is -2.37. The van der Waals surface area contributed by atoms with Crippen LogP contribution in [0.4, 0.5) is 0 Å². The Hall–Kier alpha value is -4.06. The normalized spacial score (nSPS) is 17.4. The first kappa shape index (κ1) is 19.9. The van der Waals surface area contributed by atoms with Gasteiger partial charge in [0.1, 0.15) is 22.8 Å². The molecule has 2 heterocycles. The summed E-state index contributed by atoms with van der Waals surface area (Å²) in [6.07, 6.45) is 6.85. The van der Waals surface area contributed by atoms with E-state index in [0.29, 0.717) is 11.6 Å². The van der Waals surface area contributed by atoms with E-state index in [2.05, 4.69) is 33.7 Å². The highest BCUT2D eigenvalue weighted by molar-refractivity contribution is 5.87. The van der Waals surface area contributed by atoms with E-state index in [4.69, 9.17) is 9.47 Å². The summed E-state index contributed by atoms with van der Waals surface area (Å²) in [5.74, 6) is 2.63. The van der Waals surface area contributed by atoms with E-state index in [9.17, 15) is 4.79 Å². The minimum Gasteiger partial charge on any atom is -0.457 e. The van der Waals surface area contributed by atoms with E-state index in [-0.39, 0.29) is 18.0 Å². The van der Waals surface area contributed by atoms with Gasteiger partial charge in [-0.3, -0.25) is 4.79 Å². The summed E-state index contributed by atoms with van der Waals surface area (Å²) in [5.41, 5.74) is 0.954. The van der Waals surface area contributed by atoms with Crippen LogP contribution in [0.15, 0.2) is 91.8 Å². The van der Waals surface area contributed by atoms with Gasteiger partial charge < -0.3 is 19.4 Å². The zero-order valence-corrected chi connectivity index (χ0v) is 17.5. The number of ether oxygens (including phenoxy) is 2. The molecule has 1 amide bonds. The first-order valence-electron chi connectivity index (χ1n) is 10.6. The van der Waals surface area contributed by atoms with E-state index in [1.54, 1.807) is 6.20 Å². The summed E-state index contributed by atoms with van der Waals surface area (Å²) in [5, 5.41) is 4.02. The Morgan fingerprint density at radius 1 is 0.969 bits per heavy atom. The number of hydrogen-bond donors (Lipinski definition) is 1. The number of hydrogen-bond acceptors (Lipinski definition) is 4. The van der Waals surface area contributed by atoms with Gasteiger partial charge >= 0.3 is 0 Å². The number of para-hydroxylation sites is 1. The van der Waals surface area contributed by atoms with Crippen molar-refractivity contribution in [2.45, 2.75) is 24.9 Å². The van der Waals surface area contributed by atoms with Gasteiger partial charge in [-0.25, -0.2) is 4.98 Å². The van der Waals surface area contributed by atoms with Crippen LogP contribution in [0.5, 0.6) is 23.1 Å². The number of benzene rings is 2. The standard InChI is InChI=1S/C26H23N3O3/c1-2-24(30)28-19-16-20(17-19)29-15-13-18-12-14-27-26(25(18)29)32-23-10-8-22(9-11-23)31-21-6-4-3-5-7-21/h2-15,19-20H,1,16-17H2,(H,28,30). The van der Waals surface area contributed by atoms with Crippen LogP contribution < -0.4 is 14.8 Å². The summed E-state index contributed by atoms with van der Waals surface area (Å²) in [6.45, 7) is 3.51. The van der Waals surface area contributed by atoms with Crippen LogP contribution in [0.3, 0.4) is 0 Å². The van der Waals surface area contributed by atoms with Gasteiger partial charge in [0.15, 0.2) is 0 Å². The van der Waals surface area contributed by atoms with Crippen molar-refractivity contribution in [3.05, 3.63) is 91.8 Å². The summed E-state index contributed by atoms with van der Waals surface area (Å²) < 4.78 is 14.2. The molecule has 0 unspecified atom stereocenters. The summed E-state index contributed by atoms with van der Waals surface area (Å²) in [7, 11) is 0. The molecule has 1 saturated carbocycles. The Morgan fingerprint density at radius 2 is 1.66 bits per heavy atom. The molecule has 1 aliphatic carbocycles. The van der Waals surface area contributed by atoms with Crippen molar-refractivity contribution in [3.8, 4) is 23.1 Å². The molecule has 5 rings (SSSR count). The number of amides is 1. The van der Waals surface area contributed by atoms with Gasteiger partial charge in [0.05, 0.1) is 0 Å². The molecule has 2 aromatic carbocycles. The quantitative estimate of drug-likeness (QED) is 0.390. The predicted octanol–water partition coefficient (Wildman–Crippen LogP) is 5.63. The number of nitrogens with zero attached hydrogens (tertiary/aromatic N) is 2. The molecule has 160 valence electrons. The highest BCUT2D eigenvalue weighted by atomic mass is 16.5. The molecule has 0 bridgehead atoms. The zero-order valence-electron chi connectivity index (χ0n) is 17.5. The van der Waals surface area contributed by atoms with Gasteiger partial charge in [-0.15, -0.1) is 0 Å². The number of carbonyl (C=O) groups excluding carboxylic acids is 1. The molecule has 2 aromatic heterocycles. The first-order chi connectivity index (χ1) is 15.7. The Labute approximate surface area is 186 Å². The summed E-state index contributed by atoms with van der Waals surface area (Å²) in [4.78, 5) is 16.0. The number of pyridine rings is 1. The SMILES string of the molecule is C=CC(=O)NC1CC(n2ccc3ccnc(Oc4ccc(Oc5ccccc5)cc4)c32)C1. The molecule has 6 heteroatoms. The van der Waals surface area contributed by atoms with Gasteiger partial charge in [0.2, 0.25) is 11.8 Å². The highest BCUT2D eigenvalue weighted by Gasteiger charge is 2.32. The lowest BCUT2D eigenvalue weighted by Crippen LogP contribution is -2.44. The third-order valence-corrected chi connectivity index (χ3v) is 5.65.